The molecule has 0 aromatic rings. The number of methoxy groups -OCH3 is 1. The molecule has 0 aliphatic heterocycles. The number of carboxylic acids is 1. The van der Waals surface area contributed by atoms with Gasteiger partial charge in [-0.1, -0.05) is 13.3 Å². The minimum absolute atomic E-state index is 0.110. The lowest BCUT2D eigenvalue weighted by molar-refractivity contribution is -0.145. The van der Waals surface area contributed by atoms with Crippen LogP contribution >= 0.6 is 0 Å². The summed E-state index contributed by atoms with van der Waals surface area (Å²) in [4.78, 5) is 11.5. The normalized spacial score (nSPS) is 27.4. The number of hydrogen-bond acceptors (Lipinski definition) is 4. The zero-order valence-electron chi connectivity index (χ0n) is 12.0. The number of nitrogens with one attached hydrogen (secondary N) is 2. The zero-order valence-corrected chi connectivity index (χ0v) is 12.8. The molecule has 0 aromatic heterocycles. The molecule has 1 aliphatic rings. The number of carbonyl (C=O) groups is 1. The molecule has 1 fully saturated rings. The molecule has 1 aliphatic carbocycles. The molecule has 0 bridgehead atoms. The van der Waals surface area contributed by atoms with Crippen LogP contribution in [0, 0.1) is 5.92 Å². The Morgan fingerprint density at radius 2 is 2.00 bits per heavy atom. The van der Waals surface area contributed by atoms with Gasteiger partial charge >= 0.3 is 5.97 Å². The fourth-order valence-electron chi connectivity index (χ4n) is 2.51. The van der Waals surface area contributed by atoms with E-state index in [0.29, 0.717) is 18.8 Å². The largest absolute Gasteiger partial charge is 0.480 e. The van der Waals surface area contributed by atoms with Gasteiger partial charge in [0.2, 0.25) is 0 Å². The molecule has 0 amide bonds. The van der Waals surface area contributed by atoms with Crippen LogP contribution in [0.3, 0.4) is 0 Å². The lowest BCUT2D eigenvalue weighted by atomic mass is 9.76. The van der Waals surface area contributed by atoms with Gasteiger partial charge in [-0.05, 0) is 31.6 Å². The van der Waals surface area contributed by atoms with Crippen LogP contribution in [0.5, 0.6) is 0 Å². The first kappa shape index (κ1) is 17.4. The zero-order chi connectivity index (χ0) is 15.2. The SMILES string of the molecule is CCC1CCC(NS(=O)(=O)NCCOC)(C(=O)O)CC1. The highest BCUT2D eigenvalue weighted by molar-refractivity contribution is 7.87. The molecule has 118 valence electrons. The van der Waals surface area contributed by atoms with Crippen molar-refractivity contribution in [1.29, 1.82) is 0 Å². The molecule has 0 radical (unpaired) electrons. The lowest BCUT2D eigenvalue weighted by Gasteiger charge is -2.36. The highest BCUT2D eigenvalue weighted by atomic mass is 32.2. The summed E-state index contributed by atoms with van der Waals surface area (Å²) in [6.07, 6.45) is 3.10. The minimum atomic E-state index is -3.84. The fraction of sp³-hybridized carbons (Fsp3) is 0.917. The average molecular weight is 308 g/mol. The second kappa shape index (κ2) is 7.35. The molecule has 20 heavy (non-hydrogen) atoms. The molecular formula is C12H24N2O5S. The number of aliphatic carboxylic acids is 1. The van der Waals surface area contributed by atoms with E-state index in [-0.39, 0.29) is 13.2 Å². The summed E-state index contributed by atoms with van der Waals surface area (Å²) in [6.45, 7) is 2.41. The maximum Gasteiger partial charge on any atom is 0.324 e. The van der Waals surface area contributed by atoms with Crippen LogP contribution in [0.4, 0.5) is 0 Å². The van der Waals surface area contributed by atoms with Crippen molar-refractivity contribution in [2.45, 2.75) is 44.6 Å². The van der Waals surface area contributed by atoms with Gasteiger partial charge in [0.1, 0.15) is 5.54 Å². The van der Waals surface area contributed by atoms with Crippen LogP contribution in [0.1, 0.15) is 39.0 Å². The van der Waals surface area contributed by atoms with Gasteiger partial charge < -0.3 is 9.84 Å². The van der Waals surface area contributed by atoms with Crippen molar-refractivity contribution >= 4 is 16.2 Å². The minimum Gasteiger partial charge on any atom is -0.480 e. The van der Waals surface area contributed by atoms with Gasteiger partial charge in [0.15, 0.2) is 0 Å². The standard InChI is InChI=1S/C12H24N2O5S/c1-3-10-4-6-12(7-5-10,11(15)16)14-20(17,18)13-8-9-19-2/h10,13-14H,3-9H2,1-2H3,(H,15,16). The monoisotopic (exact) mass is 308 g/mol. The molecule has 8 heteroatoms. The predicted molar refractivity (Wildman–Crippen MR) is 74.6 cm³/mol. The van der Waals surface area contributed by atoms with Crippen LogP contribution < -0.4 is 9.44 Å². The third kappa shape index (κ3) is 4.69. The Hall–Kier alpha value is -0.700. The first-order chi connectivity index (χ1) is 9.35. The van der Waals surface area contributed by atoms with Gasteiger partial charge in [-0.25, -0.2) is 0 Å². The Labute approximate surface area is 120 Å². The maximum absolute atomic E-state index is 11.9. The van der Waals surface area contributed by atoms with E-state index in [1.807, 2.05) is 0 Å². The van der Waals surface area contributed by atoms with Gasteiger partial charge in [-0.2, -0.15) is 17.9 Å². The van der Waals surface area contributed by atoms with E-state index in [0.717, 1.165) is 19.3 Å². The van der Waals surface area contributed by atoms with Crippen molar-refractivity contribution in [2.24, 2.45) is 5.92 Å². The molecule has 0 atom stereocenters. The molecule has 3 N–H and O–H groups in total. The maximum atomic E-state index is 11.9. The number of rotatable bonds is 8. The summed E-state index contributed by atoms with van der Waals surface area (Å²) < 4.78 is 33.1. The molecule has 0 aromatic carbocycles. The second-order valence-corrected chi connectivity index (χ2v) is 6.73. The Bertz CT molecular complexity index is 416. The quantitative estimate of drug-likeness (QED) is 0.566. The Kier molecular flexibility index (Phi) is 6.38. The summed E-state index contributed by atoms with van der Waals surface area (Å²) in [7, 11) is -2.38. The number of hydrogen-bond donors (Lipinski definition) is 3. The molecule has 0 saturated heterocycles. The van der Waals surface area contributed by atoms with Gasteiger partial charge in [0.25, 0.3) is 10.2 Å². The molecule has 1 saturated carbocycles. The third-order valence-corrected chi connectivity index (χ3v) is 5.12. The topological polar surface area (TPSA) is 105 Å². The van der Waals surface area contributed by atoms with Crippen molar-refractivity contribution in [3.63, 3.8) is 0 Å². The molecule has 1 rings (SSSR count). The van der Waals surface area contributed by atoms with Crippen molar-refractivity contribution < 1.29 is 23.1 Å². The van der Waals surface area contributed by atoms with E-state index in [4.69, 9.17) is 4.74 Å². The van der Waals surface area contributed by atoms with E-state index in [2.05, 4.69) is 16.4 Å². The highest BCUT2D eigenvalue weighted by Gasteiger charge is 2.44. The Morgan fingerprint density at radius 3 is 2.45 bits per heavy atom. The smallest absolute Gasteiger partial charge is 0.324 e. The highest BCUT2D eigenvalue weighted by Crippen LogP contribution is 2.34. The predicted octanol–water partition coefficient (Wildman–Crippen LogP) is 0.480. The van der Waals surface area contributed by atoms with Crippen LogP contribution in [0.25, 0.3) is 0 Å². The molecule has 7 nitrogen and oxygen atoms in total. The first-order valence-corrected chi connectivity index (χ1v) is 8.34. The molecule has 0 spiro atoms. The van der Waals surface area contributed by atoms with E-state index in [1.165, 1.54) is 7.11 Å². The van der Waals surface area contributed by atoms with Crippen LogP contribution in [-0.2, 0) is 19.7 Å². The summed E-state index contributed by atoms with van der Waals surface area (Å²) in [5.41, 5.74) is -1.38. The van der Waals surface area contributed by atoms with Gasteiger partial charge in [0.05, 0.1) is 6.61 Å². The summed E-state index contributed by atoms with van der Waals surface area (Å²) in [5, 5.41) is 9.40. The van der Waals surface area contributed by atoms with Crippen molar-refractivity contribution in [3.05, 3.63) is 0 Å². The lowest BCUT2D eigenvalue weighted by Crippen LogP contribution is -2.58. The molecular weight excluding hydrogens is 284 g/mol. The second-order valence-electron chi connectivity index (χ2n) is 5.23. The molecule has 0 heterocycles. The fourth-order valence-corrected chi connectivity index (χ4v) is 3.74. The number of ether oxygens (including phenoxy) is 1. The average Bonchev–Trinajstić information content (AvgIpc) is 2.39. The van der Waals surface area contributed by atoms with Crippen molar-refractivity contribution in [2.75, 3.05) is 20.3 Å². The van der Waals surface area contributed by atoms with Gasteiger partial charge in [-0.3, -0.25) is 4.79 Å². The summed E-state index contributed by atoms with van der Waals surface area (Å²) in [6, 6.07) is 0. The van der Waals surface area contributed by atoms with Crippen molar-refractivity contribution in [3.8, 4) is 0 Å². The van der Waals surface area contributed by atoms with E-state index >= 15 is 0 Å². The Morgan fingerprint density at radius 1 is 1.40 bits per heavy atom. The van der Waals surface area contributed by atoms with Gasteiger partial charge in [-0.15, -0.1) is 0 Å². The summed E-state index contributed by atoms with van der Waals surface area (Å²) in [5.74, 6) is -0.627. The van der Waals surface area contributed by atoms with Crippen molar-refractivity contribution in [1.82, 2.24) is 9.44 Å². The molecule has 0 unspecified atom stereocenters. The Balaban J connectivity index is 2.70. The van der Waals surface area contributed by atoms with Crippen LogP contribution in [0.15, 0.2) is 0 Å². The van der Waals surface area contributed by atoms with Gasteiger partial charge in [0, 0.05) is 13.7 Å². The van der Waals surface area contributed by atoms with Crippen LogP contribution in [-0.4, -0.2) is 45.3 Å². The van der Waals surface area contributed by atoms with E-state index in [1.54, 1.807) is 0 Å². The summed E-state index contributed by atoms with van der Waals surface area (Å²) >= 11 is 0. The van der Waals surface area contributed by atoms with Crippen LogP contribution in [0.2, 0.25) is 0 Å². The van der Waals surface area contributed by atoms with E-state index < -0.39 is 21.7 Å². The van der Waals surface area contributed by atoms with E-state index in [9.17, 15) is 18.3 Å². The first-order valence-electron chi connectivity index (χ1n) is 6.86. The number of carboxylic acid groups (broad SMARTS) is 1. The third-order valence-electron chi connectivity index (χ3n) is 3.87.